The van der Waals surface area contributed by atoms with Crippen LogP contribution in [0.3, 0.4) is 0 Å². The van der Waals surface area contributed by atoms with E-state index in [1.54, 1.807) is 4.90 Å². The summed E-state index contributed by atoms with van der Waals surface area (Å²) in [6.45, 7) is 0.739. The molecule has 1 aromatic carbocycles. The Balaban J connectivity index is 2.20. The van der Waals surface area contributed by atoms with Gasteiger partial charge < -0.3 is 10.0 Å². The van der Waals surface area contributed by atoms with Gasteiger partial charge in [-0.1, -0.05) is 18.2 Å². The Morgan fingerprint density at radius 3 is 2.76 bits per heavy atom. The third kappa shape index (κ3) is 2.64. The zero-order valence-electron chi connectivity index (χ0n) is 9.56. The quantitative estimate of drug-likeness (QED) is 0.863. The summed E-state index contributed by atoms with van der Waals surface area (Å²) >= 11 is 0. The summed E-state index contributed by atoms with van der Waals surface area (Å²) in [6, 6.07) is 7.54. The van der Waals surface area contributed by atoms with E-state index in [0.29, 0.717) is 12.8 Å². The first kappa shape index (κ1) is 11.6. The van der Waals surface area contributed by atoms with Gasteiger partial charge in [-0.2, -0.15) is 0 Å². The molecule has 4 nitrogen and oxygen atoms in total. The number of carboxylic acids is 1. The number of anilines is 1. The predicted octanol–water partition coefficient (Wildman–Crippen LogP) is 1.83. The first-order chi connectivity index (χ1) is 8.18. The van der Waals surface area contributed by atoms with Crippen LogP contribution < -0.4 is 4.90 Å². The van der Waals surface area contributed by atoms with Gasteiger partial charge in [0, 0.05) is 25.1 Å². The fourth-order valence-corrected chi connectivity index (χ4v) is 2.13. The van der Waals surface area contributed by atoms with Crippen molar-refractivity contribution in [3.8, 4) is 0 Å². The molecule has 90 valence electrons. The number of carbonyl (C=O) groups excluding carboxylic acids is 1. The number of hydrogen-bond acceptors (Lipinski definition) is 2. The van der Waals surface area contributed by atoms with E-state index in [-0.39, 0.29) is 12.3 Å². The molecule has 1 fully saturated rings. The third-order valence-corrected chi connectivity index (χ3v) is 2.96. The molecule has 0 saturated carbocycles. The molecule has 4 heteroatoms. The smallest absolute Gasteiger partial charge is 0.303 e. The van der Waals surface area contributed by atoms with Crippen LogP contribution in [0.5, 0.6) is 0 Å². The van der Waals surface area contributed by atoms with Crippen molar-refractivity contribution in [3.63, 3.8) is 0 Å². The van der Waals surface area contributed by atoms with Gasteiger partial charge >= 0.3 is 5.97 Å². The highest BCUT2D eigenvalue weighted by Crippen LogP contribution is 2.26. The maximum absolute atomic E-state index is 11.7. The van der Waals surface area contributed by atoms with Crippen molar-refractivity contribution in [2.24, 2.45) is 0 Å². The number of aryl methyl sites for hydroxylation is 1. The molecule has 1 aliphatic heterocycles. The number of carbonyl (C=O) groups is 2. The molecule has 0 bridgehead atoms. The van der Waals surface area contributed by atoms with Gasteiger partial charge in [0.05, 0.1) is 0 Å². The third-order valence-electron chi connectivity index (χ3n) is 2.96. The minimum Gasteiger partial charge on any atom is -0.481 e. The number of nitrogens with zero attached hydrogens (tertiary/aromatic N) is 1. The Labute approximate surface area is 99.9 Å². The minimum atomic E-state index is -0.812. The van der Waals surface area contributed by atoms with Crippen LogP contribution in [0, 0.1) is 0 Å². The molecular formula is C13H15NO3. The van der Waals surface area contributed by atoms with Gasteiger partial charge in [0.1, 0.15) is 0 Å². The largest absolute Gasteiger partial charge is 0.481 e. The lowest BCUT2D eigenvalue weighted by Gasteiger charge is -2.19. The molecule has 0 unspecified atom stereocenters. The van der Waals surface area contributed by atoms with Crippen molar-refractivity contribution in [2.45, 2.75) is 25.7 Å². The van der Waals surface area contributed by atoms with E-state index < -0.39 is 5.97 Å². The van der Waals surface area contributed by atoms with Crippen molar-refractivity contribution >= 4 is 17.6 Å². The van der Waals surface area contributed by atoms with E-state index in [1.807, 2.05) is 24.3 Å². The van der Waals surface area contributed by atoms with Crippen molar-refractivity contribution in [2.75, 3.05) is 11.4 Å². The molecule has 1 heterocycles. The molecular weight excluding hydrogens is 218 g/mol. The normalized spacial score (nSPS) is 15.3. The molecule has 0 atom stereocenters. The summed E-state index contributed by atoms with van der Waals surface area (Å²) in [5, 5.41) is 8.70. The predicted molar refractivity (Wildman–Crippen MR) is 64.0 cm³/mol. The molecule has 0 radical (unpaired) electrons. The van der Waals surface area contributed by atoms with Crippen LogP contribution in [-0.4, -0.2) is 23.5 Å². The Hall–Kier alpha value is -1.84. The number of carboxylic acid groups (broad SMARTS) is 1. The van der Waals surface area contributed by atoms with Crippen molar-refractivity contribution in [1.29, 1.82) is 0 Å². The Kier molecular flexibility index (Phi) is 3.42. The van der Waals surface area contributed by atoms with Gasteiger partial charge in [-0.25, -0.2) is 0 Å². The fourth-order valence-electron chi connectivity index (χ4n) is 2.13. The molecule has 1 N–H and O–H groups in total. The van der Waals surface area contributed by atoms with Crippen molar-refractivity contribution in [3.05, 3.63) is 29.8 Å². The molecule has 1 saturated heterocycles. The van der Waals surface area contributed by atoms with Crippen LogP contribution >= 0.6 is 0 Å². The van der Waals surface area contributed by atoms with Gasteiger partial charge in [0.2, 0.25) is 5.91 Å². The van der Waals surface area contributed by atoms with Gasteiger partial charge in [0.25, 0.3) is 0 Å². The van der Waals surface area contributed by atoms with Crippen LogP contribution in [0.15, 0.2) is 24.3 Å². The number of rotatable bonds is 4. The highest BCUT2D eigenvalue weighted by molar-refractivity contribution is 5.96. The summed E-state index contributed by atoms with van der Waals surface area (Å²) in [6.07, 6.45) is 2.04. The fraction of sp³-hybridized carbons (Fsp3) is 0.385. The molecule has 0 aliphatic carbocycles. The van der Waals surface area contributed by atoms with Gasteiger partial charge in [0.15, 0.2) is 0 Å². The summed E-state index contributed by atoms with van der Waals surface area (Å²) in [5.41, 5.74) is 1.81. The van der Waals surface area contributed by atoms with Crippen LogP contribution in [0.1, 0.15) is 24.8 Å². The Morgan fingerprint density at radius 1 is 1.35 bits per heavy atom. The number of benzene rings is 1. The molecule has 1 amide bonds. The van der Waals surface area contributed by atoms with E-state index in [2.05, 4.69) is 0 Å². The second kappa shape index (κ2) is 4.99. The van der Waals surface area contributed by atoms with Crippen molar-refractivity contribution < 1.29 is 14.7 Å². The first-order valence-electron chi connectivity index (χ1n) is 5.78. The number of aliphatic carboxylic acids is 1. The lowest BCUT2D eigenvalue weighted by atomic mass is 10.1. The lowest BCUT2D eigenvalue weighted by Crippen LogP contribution is -2.25. The zero-order valence-corrected chi connectivity index (χ0v) is 9.56. The van der Waals surface area contributed by atoms with Crippen LogP contribution in [0.4, 0.5) is 5.69 Å². The maximum Gasteiger partial charge on any atom is 0.303 e. The van der Waals surface area contributed by atoms with E-state index in [1.165, 1.54) is 0 Å². The van der Waals surface area contributed by atoms with Crippen molar-refractivity contribution in [1.82, 2.24) is 0 Å². The summed E-state index contributed by atoms with van der Waals surface area (Å²) in [4.78, 5) is 24.0. The van der Waals surface area contributed by atoms with E-state index in [0.717, 1.165) is 24.2 Å². The average Bonchev–Trinajstić information content (AvgIpc) is 2.73. The second-order valence-corrected chi connectivity index (χ2v) is 4.17. The molecule has 2 rings (SSSR count). The monoisotopic (exact) mass is 233 g/mol. The highest BCUT2D eigenvalue weighted by Gasteiger charge is 2.23. The van der Waals surface area contributed by atoms with Gasteiger partial charge in [-0.05, 0) is 24.5 Å². The molecule has 17 heavy (non-hydrogen) atoms. The summed E-state index contributed by atoms with van der Waals surface area (Å²) < 4.78 is 0. The molecule has 0 aromatic heterocycles. The average molecular weight is 233 g/mol. The highest BCUT2D eigenvalue weighted by atomic mass is 16.4. The van der Waals surface area contributed by atoms with Gasteiger partial charge in [-0.3, -0.25) is 9.59 Å². The Bertz CT molecular complexity index is 442. The SMILES string of the molecule is O=C(O)CCc1ccccc1N1CCCC1=O. The minimum absolute atomic E-state index is 0.0963. The van der Waals surface area contributed by atoms with Crippen LogP contribution in [0.2, 0.25) is 0 Å². The van der Waals surface area contributed by atoms with E-state index in [4.69, 9.17) is 5.11 Å². The van der Waals surface area contributed by atoms with Crippen LogP contribution in [0.25, 0.3) is 0 Å². The maximum atomic E-state index is 11.7. The topological polar surface area (TPSA) is 57.6 Å². The standard InChI is InChI=1S/C13H15NO3/c15-12-6-3-9-14(12)11-5-2-1-4-10(11)7-8-13(16)17/h1-2,4-5H,3,6-9H2,(H,16,17). The molecule has 0 spiro atoms. The Morgan fingerprint density at radius 2 is 2.12 bits per heavy atom. The second-order valence-electron chi connectivity index (χ2n) is 4.17. The lowest BCUT2D eigenvalue weighted by molar-refractivity contribution is -0.136. The number of amides is 1. The van der Waals surface area contributed by atoms with Crippen LogP contribution in [-0.2, 0) is 16.0 Å². The number of hydrogen-bond donors (Lipinski definition) is 1. The van der Waals surface area contributed by atoms with E-state index >= 15 is 0 Å². The first-order valence-corrected chi connectivity index (χ1v) is 5.78. The molecule has 1 aromatic rings. The summed E-state index contributed by atoms with van der Waals surface area (Å²) in [7, 11) is 0. The molecule has 1 aliphatic rings. The number of para-hydroxylation sites is 1. The van der Waals surface area contributed by atoms with Gasteiger partial charge in [-0.15, -0.1) is 0 Å². The summed E-state index contributed by atoms with van der Waals surface area (Å²) in [5.74, 6) is -0.680. The van der Waals surface area contributed by atoms with E-state index in [9.17, 15) is 9.59 Å². The zero-order chi connectivity index (χ0) is 12.3.